The molecule has 0 fully saturated rings. The number of methoxy groups -OCH3 is 1. The van der Waals surface area contributed by atoms with Crippen molar-refractivity contribution in [2.45, 2.75) is 6.61 Å². The molecule has 4 nitrogen and oxygen atoms in total. The van der Waals surface area contributed by atoms with Gasteiger partial charge in [-0.3, -0.25) is 4.79 Å². The standard InChI is InChI=1S/C17H13ClFNO3/c1-22-9-11-10-5-2-3-8-14(10)23-16(11)17(21)20-13-7-4-6-12(18)15(13)19/h2-8H,9H2,1H3,(H,20,21). The summed E-state index contributed by atoms with van der Waals surface area (Å²) < 4.78 is 24.7. The number of carbonyl (C=O) groups is 1. The summed E-state index contributed by atoms with van der Waals surface area (Å²) in [6.07, 6.45) is 0. The molecular weight excluding hydrogens is 321 g/mol. The molecular formula is C17H13ClFNO3. The molecule has 1 heterocycles. The van der Waals surface area contributed by atoms with E-state index >= 15 is 0 Å². The maximum atomic E-state index is 13.9. The topological polar surface area (TPSA) is 51.5 Å². The van der Waals surface area contributed by atoms with Crippen molar-refractivity contribution in [1.82, 2.24) is 0 Å². The molecule has 0 aliphatic carbocycles. The number of ether oxygens (including phenoxy) is 1. The minimum Gasteiger partial charge on any atom is -0.451 e. The number of hydrogen-bond donors (Lipinski definition) is 1. The van der Waals surface area contributed by atoms with E-state index in [1.54, 1.807) is 18.2 Å². The monoisotopic (exact) mass is 333 g/mol. The highest BCUT2D eigenvalue weighted by Crippen LogP contribution is 2.28. The molecule has 6 heteroatoms. The van der Waals surface area contributed by atoms with Crippen molar-refractivity contribution in [3.63, 3.8) is 0 Å². The number of fused-ring (bicyclic) bond motifs is 1. The summed E-state index contributed by atoms with van der Waals surface area (Å²) >= 11 is 5.72. The van der Waals surface area contributed by atoms with Crippen LogP contribution in [-0.2, 0) is 11.3 Å². The van der Waals surface area contributed by atoms with Crippen molar-refractivity contribution >= 4 is 34.2 Å². The van der Waals surface area contributed by atoms with Gasteiger partial charge >= 0.3 is 0 Å². The number of rotatable bonds is 4. The number of anilines is 1. The zero-order valence-electron chi connectivity index (χ0n) is 12.2. The summed E-state index contributed by atoms with van der Waals surface area (Å²) in [7, 11) is 1.53. The molecule has 0 saturated heterocycles. The Balaban J connectivity index is 2.00. The van der Waals surface area contributed by atoms with Crippen LogP contribution in [0.15, 0.2) is 46.9 Å². The van der Waals surface area contributed by atoms with Crippen LogP contribution in [0.1, 0.15) is 16.1 Å². The molecule has 0 bridgehead atoms. The fraction of sp³-hybridized carbons (Fsp3) is 0.118. The largest absolute Gasteiger partial charge is 0.451 e. The Morgan fingerprint density at radius 1 is 1.26 bits per heavy atom. The fourth-order valence-electron chi connectivity index (χ4n) is 2.35. The molecule has 0 spiro atoms. The van der Waals surface area contributed by atoms with Gasteiger partial charge in [-0.05, 0) is 18.2 Å². The Labute approximate surface area is 136 Å². The highest BCUT2D eigenvalue weighted by Gasteiger charge is 2.21. The third kappa shape index (κ3) is 2.93. The molecule has 118 valence electrons. The van der Waals surface area contributed by atoms with Crippen LogP contribution in [0, 0.1) is 5.82 Å². The van der Waals surface area contributed by atoms with Crippen LogP contribution in [-0.4, -0.2) is 13.0 Å². The van der Waals surface area contributed by atoms with Gasteiger partial charge in [0.05, 0.1) is 17.3 Å². The smallest absolute Gasteiger partial charge is 0.291 e. The van der Waals surface area contributed by atoms with Crippen molar-refractivity contribution in [2.24, 2.45) is 0 Å². The number of halogens is 2. The van der Waals surface area contributed by atoms with Gasteiger partial charge in [0.25, 0.3) is 5.91 Å². The normalized spacial score (nSPS) is 10.9. The second kappa shape index (κ2) is 6.40. The lowest BCUT2D eigenvalue weighted by atomic mass is 10.1. The van der Waals surface area contributed by atoms with E-state index in [2.05, 4.69) is 5.32 Å². The van der Waals surface area contributed by atoms with Gasteiger partial charge in [0.1, 0.15) is 5.58 Å². The Hall–Kier alpha value is -2.37. The first-order valence-electron chi connectivity index (χ1n) is 6.86. The van der Waals surface area contributed by atoms with Gasteiger partial charge in [0.15, 0.2) is 11.6 Å². The van der Waals surface area contributed by atoms with Crippen molar-refractivity contribution in [3.05, 3.63) is 64.6 Å². The summed E-state index contributed by atoms with van der Waals surface area (Å²) in [5.41, 5.74) is 1.17. The molecule has 0 saturated carbocycles. The first-order chi connectivity index (χ1) is 11.1. The van der Waals surface area contributed by atoms with Crippen LogP contribution in [0.3, 0.4) is 0 Å². The average molecular weight is 334 g/mol. The molecule has 2 aromatic carbocycles. The first kappa shape index (κ1) is 15.5. The van der Waals surface area contributed by atoms with Gasteiger partial charge < -0.3 is 14.5 Å². The van der Waals surface area contributed by atoms with E-state index in [0.29, 0.717) is 11.1 Å². The van der Waals surface area contributed by atoms with Crippen molar-refractivity contribution in [2.75, 3.05) is 12.4 Å². The lowest BCUT2D eigenvalue weighted by Crippen LogP contribution is -2.14. The average Bonchev–Trinajstić information content (AvgIpc) is 2.91. The number of nitrogens with one attached hydrogen (secondary N) is 1. The van der Waals surface area contributed by atoms with E-state index in [9.17, 15) is 9.18 Å². The van der Waals surface area contributed by atoms with Gasteiger partial charge in [0.2, 0.25) is 0 Å². The molecule has 1 aromatic heterocycles. The van der Waals surface area contributed by atoms with Gasteiger partial charge in [-0.2, -0.15) is 0 Å². The number of hydrogen-bond acceptors (Lipinski definition) is 3. The molecule has 23 heavy (non-hydrogen) atoms. The predicted octanol–water partition coefficient (Wildman–Crippen LogP) is 4.62. The third-order valence-corrected chi connectivity index (χ3v) is 3.68. The fourth-order valence-corrected chi connectivity index (χ4v) is 2.52. The van der Waals surface area contributed by atoms with E-state index in [4.69, 9.17) is 20.8 Å². The summed E-state index contributed by atoms with van der Waals surface area (Å²) in [5, 5.41) is 3.20. The Morgan fingerprint density at radius 3 is 2.83 bits per heavy atom. The number of para-hydroxylation sites is 1. The minimum absolute atomic E-state index is 0.00803. The Kier molecular flexibility index (Phi) is 4.32. The molecule has 3 aromatic rings. The number of carbonyl (C=O) groups excluding carboxylic acids is 1. The van der Waals surface area contributed by atoms with Crippen molar-refractivity contribution < 1.29 is 18.3 Å². The van der Waals surface area contributed by atoms with Crippen LogP contribution in [0.5, 0.6) is 0 Å². The van der Waals surface area contributed by atoms with E-state index in [1.165, 1.54) is 19.2 Å². The molecule has 0 atom stereocenters. The summed E-state index contributed by atoms with van der Waals surface area (Å²) in [4.78, 5) is 12.5. The quantitative estimate of drug-likeness (QED) is 0.757. The van der Waals surface area contributed by atoms with Crippen LogP contribution in [0.4, 0.5) is 10.1 Å². The SMILES string of the molecule is COCc1c(C(=O)Nc2cccc(Cl)c2F)oc2ccccc12. The van der Waals surface area contributed by atoms with Gasteiger partial charge in [-0.1, -0.05) is 35.9 Å². The third-order valence-electron chi connectivity index (χ3n) is 3.39. The summed E-state index contributed by atoms with van der Waals surface area (Å²) in [6.45, 7) is 0.206. The molecule has 0 radical (unpaired) electrons. The number of amides is 1. The van der Waals surface area contributed by atoms with E-state index < -0.39 is 11.7 Å². The first-order valence-corrected chi connectivity index (χ1v) is 7.24. The van der Waals surface area contributed by atoms with Crippen molar-refractivity contribution in [1.29, 1.82) is 0 Å². The minimum atomic E-state index is -0.688. The number of benzene rings is 2. The molecule has 3 rings (SSSR count). The lowest BCUT2D eigenvalue weighted by Gasteiger charge is -2.07. The van der Waals surface area contributed by atoms with Crippen LogP contribution in [0.2, 0.25) is 5.02 Å². The lowest BCUT2D eigenvalue weighted by molar-refractivity contribution is 0.0991. The maximum absolute atomic E-state index is 13.9. The summed E-state index contributed by atoms with van der Waals surface area (Å²) in [6, 6.07) is 11.6. The molecule has 1 amide bonds. The zero-order chi connectivity index (χ0) is 16.4. The van der Waals surface area contributed by atoms with Gasteiger partial charge in [0, 0.05) is 18.1 Å². The van der Waals surface area contributed by atoms with E-state index in [0.717, 1.165) is 5.39 Å². The predicted molar refractivity (Wildman–Crippen MR) is 86.3 cm³/mol. The maximum Gasteiger partial charge on any atom is 0.291 e. The molecule has 0 aliphatic rings. The summed E-state index contributed by atoms with van der Waals surface area (Å²) in [5.74, 6) is -1.16. The molecule has 0 unspecified atom stereocenters. The highest BCUT2D eigenvalue weighted by molar-refractivity contribution is 6.31. The molecule has 0 aliphatic heterocycles. The number of furan rings is 1. The van der Waals surface area contributed by atoms with Crippen molar-refractivity contribution in [3.8, 4) is 0 Å². The Bertz CT molecular complexity index is 875. The van der Waals surface area contributed by atoms with Crippen LogP contribution in [0.25, 0.3) is 11.0 Å². The van der Waals surface area contributed by atoms with E-state index in [1.807, 2.05) is 12.1 Å². The molecule has 1 N–H and O–H groups in total. The van der Waals surface area contributed by atoms with Crippen LogP contribution >= 0.6 is 11.6 Å². The second-order valence-electron chi connectivity index (χ2n) is 4.89. The highest BCUT2D eigenvalue weighted by atomic mass is 35.5. The van der Waals surface area contributed by atoms with Crippen LogP contribution < -0.4 is 5.32 Å². The zero-order valence-corrected chi connectivity index (χ0v) is 13.0. The second-order valence-corrected chi connectivity index (χ2v) is 5.30. The van der Waals surface area contributed by atoms with Gasteiger partial charge in [-0.15, -0.1) is 0 Å². The van der Waals surface area contributed by atoms with E-state index in [-0.39, 0.29) is 23.1 Å². The Morgan fingerprint density at radius 2 is 2.04 bits per heavy atom. The van der Waals surface area contributed by atoms with Gasteiger partial charge in [-0.25, -0.2) is 4.39 Å².